The minimum atomic E-state index is 0.202. The lowest BCUT2D eigenvalue weighted by molar-refractivity contribution is 0.383. The SMILES string of the molecule is Cc1cccc(Cl)c1N1CCC(CNC(C)(C)C)C1. The van der Waals surface area contributed by atoms with Crippen LogP contribution in [0.2, 0.25) is 5.02 Å². The summed E-state index contributed by atoms with van der Waals surface area (Å²) >= 11 is 6.35. The molecule has 1 unspecified atom stereocenters. The van der Waals surface area contributed by atoms with E-state index in [1.807, 2.05) is 12.1 Å². The van der Waals surface area contributed by atoms with Gasteiger partial charge in [0, 0.05) is 25.2 Å². The summed E-state index contributed by atoms with van der Waals surface area (Å²) in [5.41, 5.74) is 2.70. The topological polar surface area (TPSA) is 15.3 Å². The standard InChI is InChI=1S/C16H25ClN2/c1-12-6-5-7-14(17)15(12)19-9-8-13(11-19)10-18-16(2,3)4/h5-7,13,18H,8-11H2,1-4H3. The van der Waals surface area contributed by atoms with Gasteiger partial charge >= 0.3 is 0 Å². The average Bonchev–Trinajstić information content (AvgIpc) is 2.74. The molecule has 1 saturated heterocycles. The third-order valence-corrected chi connectivity index (χ3v) is 4.02. The van der Waals surface area contributed by atoms with E-state index in [0.717, 1.165) is 30.6 Å². The van der Waals surface area contributed by atoms with E-state index in [9.17, 15) is 0 Å². The largest absolute Gasteiger partial charge is 0.370 e. The van der Waals surface area contributed by atoms with Gasteiger partial charge in [-0.3, -0.25) is 0 Å². The summed E-state index contributed by atoms with van der Waals surface area (Å²) in [7, 11) is 0. The van der Waals surface area contributed by atoms with Crippen LogP contribution in [0.25, 0.3) is 0 Å². The lowest BCUT2D eigenvalue weighted by Gasteiger charge is -2.25. The summed E-state index contributed by atoms with van der Waals surface area (Å²) in [6, 6.07) is 6.16. The molecule has 106 valence electrons. The smallest absolute Gasteiger partial charge is 0.0642 e. The van der Waals surface area contributed by atoms with Gasteiger partial charge in [0.05, 0.1) is 10.7 Å². The van der Waals surface area contributed by atoms with Gasteiger partial charge in [0.2, 0.25) is 0 Å². The predicted molar refractivity (Wildman–Crippen MR) is 84.3 cm³/mol. The molecular formula is C16H25ClN2. The summed E-state index contributed by atoms with van der Waals surface area (Å²) in [4.78, 5) is 2.44. The van der Waals surface area contributed by atoms with E-state index >= 15 is 0 Å². The number of para-hydroxylation sites is 1. The van der Waals surface area contributed by atoms with Crippen molar-refractivity contribution in [1.82, 2.24) is 5.32 Å². The summed E-state index contributed by atoms with van der Waals surface area (Å²) in [5, 5.41) is 4.48. The van der Waals surface area contributed by atoms with E-state index in [0.29, 0.717) is 0 Å². The number of benzene rings is 1. The molecule has 0 aliphatic carbocycles. The van der Waals surface area contributed by atoms with E-state index in [-0.39, 0.29) is 5.54 Å². The van der Waals surface area contributed by atoms with Crippen molar-refractivity contribution >= 4 is 17.3 Å². The molecule has 1 aliphatic heterocycles. The fourth-order valence-electron chi connectivity index (χ4n) is 2.68. The Kier molecular flexibility index (Phi) is 4.42. The Morgan fingerprint density at radius 1 is 1.37 bits per heavy atom. The number of aryl methyl sites for hydroxylation is 1. The summed E-state index contributed by atoms with van der Waals surface area (Å²) < 4.78 is 0. The van der Waals surface area contributed by atoms with E-state index in [1.54, 1.807) is 0 Å². The zero-order valence-electron chi connectivity index (χ0n) is 12.5. The second-order valence-electron chi connectivity index (χ2n) is 6.64. The molecule has 1 N–H and O–H groups in total. The average molecular weight is 281 g/mol. The van der Waals surface area contributed by atoms with Crippen LogP contribution in [0, 0.1) is 12.8 Å². The van der Waals surface area contributed by atoms with Crippen LogP contribution in [0.4, 0.5) is 5.69 Å². The second kappa shape index (κ2) is 5.72. The lowest BCUT2D eigenvalue weighted by Crippen LogP contribution is -2.39. The van der Waals surface area contributed by atoms with Crippen molar-refractivity contribution in [2.24, 2.45) is 5.92 Å². The number of nitrogens with one attached hydrogen (secondary N) is 1. The van der Waals surface area contributed by atoms with Gasteiger partial charge in [0.25, 0.3) is 0 Å². The first kappa shape index (κ1) is 14.7. The molecule has 19 heavy (non-hydrogen) atoms. The van der Waals surface area contributed by atoms with Crippen LogP contribution < -0.4 is 10.2 Å². The van der Waals surface area contributed by atoms with Crippen molar-refractivity contribution < 1.29 is 0 Å². The quantitative estimate of drug-likeness (QED) is 0.904. The molecular weight excluding hydrogens is 256 g/mol. The van der Waals surface area contributed by atoms with Crippen molar-refractivity contribution in [2.75, 3.05) is 24.5 Å². The number of halogens is 1. The predicted octanol–water partition coefficient (Wildman–Crippen LogP) is 3.86. The third kappa shape index (κ3) is 3.87. The Labute approximate surface area is 122 Å². The van der Waals surface area contributed by atoms with Crippen LogP contribution in [-0.4, -0.2) is 25.2 Å². The van der Waals surface area contributed by atoms with E-state index < -0.39 is 0 Å². The molecule has 0 aromatic heterocycles. The molecule has 1 aromatic carbocycles. The highest BCUT2D eigenvalue weighted by atomic mass is 35.5. The van der Waals surface area contributed by atoms with Gasteiger partial charge in [-0.25, -0.2) is 0 Å². The first-order chi connectivity index (χ1) is 8.87. The highest BCUT2D eigenvalue weighted by molar-refractivity contribution is 6.33. The summed E-state index contributed by atoms with van der Waals surface area (Å²) in [5.74, 6) is 0.717. The van der Waals surface area contributed by atoms with Crippen LogP contribution in [0.1, 0.15) is 32.8 Å². The first-order valence-electron chi connectivity index (χ1n) is 7.12. The number of hydrogen-bond acceptors (Lipinski definition) is 2. The summed E-state index contributed by atoms with van der Waals surface area (Å²) in [6.45, 7) is 12.1. The molecule has 0 radical (unpaired) electrons. The van der Waals surface area contributed by atoms with Gasteiger partial charge in [-0.1, -0.05) is 23.7 Å². The van der Waals surface area contributed by atoms with Crippen LogP contribution in [0.5, 0.6) is 0 Å². The van der Waals surface area contributed by atoms with Crippen LogP contribution in [0.3, 0.4) is 0 Å². The normalized spacial score (nSPS) is 20.1. The summed E-state index contributed by atoms with van der Waals surface area (Å²) in [6.07, 6.45) is 1.24. The minimum Gasteiger partial charge on any atom is -0.370 e. The number of anilines is 1. The zero-order chi connectivity index (χ0) is 14.0. The minimum absolute atomic E-state index is 0.202. The van der Waals surface area contributed by atoms with Gasteiger partial charge in [-0.2, -0.15) is 0 Å². The Morgan fingerprint density at radius 3 is 2.74 bits per heavy atom. The van der Waals surface area contributed by atoms with E-state index in [1.165, 1.54) is 17.7 Å². The van der Waals surface area contributed by atoms with Crippen molar-refractivity contribution in [3.8, 4) is 0 Å². The van der Waals surface area contributed by atoms with Gasteiger partial charge < -0.3 is 10.2 Å². The van der Waals surface area contributed by atoms with Crippen molar-refractivity contribution in [3.05, 3.63) is 28.8 Å². The monoisotopic (exact) mass is 280 g/mol. The van der Waals surface area contributed by atoms with Crippen LogP contribution >= 0.6 is 11.6 Å². The number of nitrogens with zero attached hydrogens (tertiary/aromatic N) is 1. The second-order valence-corrected chi connectivity index (χ2v) is 7.04. The highest BCUT2D eigenvalue weighted by Gasteiger charge is 2.25. The zero-order valence-corrected chi connectivity index (χ0v) is 13.2. The van der Waals surface area contributed by atoms with E-state index in [4.69, 9.17) is 11.6 Å². The molecule has 0 bridgehead atoms. The van der Waals surface area contributed by atoms with Gasteiger partial charge in [-0.15, -0.1) is 0 Å². The van der Waals surface area contributed by atoms with Gasteiger partial charge in [-0.05, 0) is 51.7 Å². The van der Waals surface area contributed by atoms with Gasteiger partial charge in [0.1, 0.15) is 0 Å². The van der Waals surface area contributed by atoms with Crippen LogP contribution in [0.15, 0.2) is 18.2 Å². The fourth-order valence-corrected chi connectivity index (χ4v) is 3.02. The molecule has 1 aromatic rings. The molecule has 1 atom stereocenters. The molecule has 0 spiro atoms. The van der Waals surface area contributed by atoms with Crippen molar-refractivity contribution in [3.63, 3.8) is 0 Å². The molecule has 0 amide bonds. The Balaban J connectivity index is 1.99. The van der Waals surface area contributed by atoms with Gasteiger partial charge in [0.15, 0.2) is 0 Å². The first-order valence-corrected chi connectivity index (χ1v) is 7.50. The van der Waals surface area contributed by atoms with Crippen LogP contribution in [-0.2, 0) is 0 Å². The third-order valence-electron chi connectivity index (χ3n) is 3.71. The Bertz CT molecular complexity index is 417. The Morgan fingerprint density at radius 2 is 2.11 bits per heavy atom. The maximum Gasteiger partial charge on any atom is 0.0642 e. The highest BCUT2D eigenvalue weighted by Crippen LogP contribution is 2.33. The molecule has 3 heteroatoms. The molecule has 1 fully saturated rings. The maximum atomic E-state index is 6.35. The Hall–Kier alpha value is -0.730. The fraction of sp³-hybridized carbons (Fsp3) is 0.625. The molecule has 2 nitrogen and oxygen atoms in total. The molecule has 1 heterocycles. The number of hydrogen-bond donors (Lipinski definition) is 1. The number of rotatable bonds is 3. The lowest BCUT2D eigenvalue weighted by atomic mass is 10.1. The van der Waals surface area contributed by atoms with Crippen molar-refractivity contribution in [2.45, 2.75) is 39.7 Å². The maximum absolute atomic E-state index is 6.35. The van der Waals surface area contributed by atoms with Crippen molar-refractivity contribution in [1.29, 1.82) is 0 Å². The molecule has 2 rings (SSSR count). The molecule has 1 aliphatic rings. The van der Waals surface area contributed by atoms with E-state index in [2.05, 4.69) is 44.0 Å². The molecule has 0 saturated carbocycles.